The highest BCUT2D eigenvalue weighted by Gasteiger charge is 2.23. The van der Waals surface area contributed by atoms with Gasteiger partial charge in [0.05, 0.1) is 18.1 Å². The lowest BCUT2D eigenvalue weighted by Crippen LogP contribution is -1.96. The number of benzene rings is 1. The molecule has 1 saturated heterocycles. The van der Waals surface area contributed by atoms with Crippen molar-refractivity contribution in [1.82, 2.24) is 0 Å². The summed E-state index contributed by atoms with van der Waals surface area (Å²) in [6, 6.07) is 10.9. The van der Waals surface area contributed by atoms with Crippen LogP contribution in [-0.2, 0) is 15.9 Å². The lowest BCUT2D eigenvalue weighted by Gasteiger charge is -2.10. The molecule has 0 radical (unpaired) electrons. The van der Waals surface area contributed by atoms with E-state index < -0.39 is 0 Å². The minimum atomic E-state index is -0.175. The van der Waals surface area contributed by atoms with E-state index in [9.17, 15) is 0 Å². The largest absolute Gasteiger partial charge is 0.345 e. The van der Waals surface area contributed by atoms with Crippen LogP contribution in [0.4, 0.5) is 0 Å². The highest BCUT2D eigenvalue weighted by atomic mass is 32.1. The number of aryl methyl sites for hydroxylation is 1. The average Bonchev–Trinajstić information content (AvgIpc) is 3.09. The fourth-order valence-electron chi connectivity index (χ4n) is 2.17. The predicted octanol–water partition coefficient (Wildman–Crippen LogP) is 4.02. The van der Waals surface area contributed by atoms with Gasteiger partial charge in [0.2, 0.25) is 0 Å². The highest BCUT2D eigenvalue weighted by molar-refractivity contribution is 7.10. The predicted molar refractivity (Wildman–Crippen MR) is 73.8 cm³/mol. The molecular weight excluding hydrogens is 244 g/mol. The Morgan fingerprint density at radius 2 is 1.83 bits per heavy atom. The molecule has 1 aliphatic rings. The Morgan fingerprint density at radius 3 is 2.50 bits per heavy atom. The van der Waals surface area contributed by atoms with Crippen molar-refractivity contribution in [3.05, 3.63) is 46.2 Å². The van der Waals surface area contributed by atoms with E-state index in [-0.39, 0.29) is 6.29 Å². The monoisotopic (exact) mass is 260 g/mol. The molecule has 0 unspecified atom stereocenters. The first-order chi connectivity index (χ1) is 8.88. The fourth-order valence-corrected chi connectivity index (χ4v) is 3.08. The molecule has 0 atom stereocenters. The fraction of sp³-hybridized carbons (Fsp3) is 0.333. The lowest BCUT2D eigenvalue weighted by atomic mass is 10.0. The Balaban J connectivity index is 1.93. The van der Waals surface area contributed by atoms with Crippen LogP contribution in [0.25, 0.3) is 11.1 Å². The summed E-state index contributed by atoms with van der Waals surface area (Å²) in [5.41, 5.74) is 3.83. The lowest BCUT2D eigenvalue weighted by molar-refractivity contribution is -0.0409. The Hall–Kier alpha value is -1.16. The molecule has 2 aromatic rings. The molecule has 1 aromatic carbocycles. The van der Waals surface area contributed by atoms with Crippen LogP contribution >= 0.6 is 11.3 Å². The van der Waals surface area contributed by atoms with Crippen LogP contribution in [0.5, 0.6) is 0 Å². The number of rotatable bonds is 3. The van der Waals surface area contributed by atoms with Gasteiger partial charge in [-0.15, -0.1) is 11.3 Å². The van der Waals surface area contributed by atoms with Gasteiger partial charge in [-0.25, -0.2) is 0 Å². The maximum Gasteiger partial charge on any atom is 0.193 e. The SMILES string of the molecule is CCc1ccc(-c2ccsc2C2OCCO2)cc1. The van der Waals surface area contributed by atoms with Crippen molar-refractivity contribution in [2.75, 3.05) is 13.2 Å². The van der Waals surface area contributed by atoms with E-state index in [1.165, 1.54) is 21.6 Å². The zero-order valence-corrected chi connectivity index (χ0v) is 11.2. The molecular formula is C15H16O2S. The second kappa shape index (κ2) is 5.22. The molecule has 0 aliphatic carbocycles. The maximum atomic E-state index is 5.59. The summed E-state index contributed by atoms with van der Waals surface area (Å²) in [5.74, 6) is 0. The van der Waals surface area contributed by atoms with Crippen molar-refractivity contribution in [3.8, 4) is 11.1 Å². The van der Waals surface area contributed by atoms with Crippen LogP contribution in [0.3, 0.4) is 0 Å². The molecule has 1 fully saturated rings. The minimum absolute atomic E-state index is 0.175. The third-order valence-electron chi connectivity index (χ3n) is 3.20. The van der Waals surface area contributed by atoms with Gasteiger partial charge in [0.1, 0.15) is 0 Å². The van der Waals surface area contributed by atoms with Gasteiger partial charge in [0.15, 0.2) is 6.29 Å². The van der Waals surface area contributed by atoms with E-state index in [4.69, 9.17) is 9.47 Å². The van der Waals surface area contributed by atoms with Crippen molar-refractivity contribution < 1.29 is 9.47 Å². The quantitative estimate of drug-likeness (QED) is 0.829. The molecule has 0 saturated carbocycles. The van der Waals surface area contributed by atoms with Crippen LogP contribution in [0.2, 0.25) is 0 Å². The van der Waals surface area contributed by atoms with E-state index in [2.05, 4.69) is 42.6 Å². The molecule has 1 aromatic heterocycles. The Kier molecular flexibility index (Phi) is 3.46. The molecule has 0 spiro atoms. The highest BCUT2D eigenvalue weighted by Crippen LogP contribution is 2.36. The van der Waals surface area contributed by atoms with Crippen molar-refractivity contribution >= 4 is 11.3 Å². The number of hydrogen-bond donors (Lipinski definition) is 0. The second-order valence-corrected chi connectivity index (χ2v) is 5.27. The van der Waals surface area contributed by atoms with Crippen LogP contribution in [0, 0.1) is 0 Å². The Labute approximate surface area is 111 Å². The Bertz CT molecular complexity index is 510. The van der Waals surface area contributed by atoms with Gasteiger partial charge in [0, 0.05) is 5.56 Å². The summed E-state index contributed by atoms with van der Waals surface area (Å²) in [6.45, 7) is 3.55. The van der Waals surface area contributed by atoms with E-state index in [1.807, 2.05) is 0 Å². The summed E-state index contributed by atoms with van der Waals surface area (Å²) < 4.78 is 11.2. The number of hydrogen-bond acceptors (Lipinski definition) is 3. The smallest absolute Gasteiger partial charge is 0.193 e. The van der Waals surface area contributed by atoms with E-state index in [1.54, 1.807) is 11.3 Å². The molecule has 2 heterocycles. The average molecular weight is 260 g/mol. The van der Waals surface area contributed by atoms with Crippen LogP contribution in [0.1, 0.15) is 23.7 Å². The molecule has 18 heavy (non-hydrogen) atoms. The summed E-state index contributed by atoms with van der Waals surface area (Å²) in [5, 5.41) is 2.10. The maximum absolute atomic E-state index is 5.59. The minimum Gasteiger partial charge on any atom is -0.345 e. The van der Waals surface area contributed by atoms with Crippen LogP contribution < -0.4 is 0 Å². The topological polar surface area (TPSA) is 18.5 Å². The third kappa shape index (κ3) is 2.21. The normalized spacial score (nSPS) is 16.3. The van der Waals surface area contributed by atoms with Crippen LogP contribution in [-0.4, -0.2) is 13.2 Å². The summed E-state index contributed by atoms with van der Waals surface area (Å²) in [6.07, 6.45) is 0.900. The molecule has 0 amide bonds. The third-order valence-corrected chi connectivity index (χ3v) is 4.14. The molecule has 94 valence electrons. The molecule has 0 N–H and O–H groups in total. The first-order valence-electron chi connectivity index (χ1n) is 6.28. The van der Waals surface area contributed by atoms with Crippen molar-refractivity contribution in [2.45, 2.75) is 19.6 Å². The summed E-state index contributed by atoms with van der Waals surface area (Å²) in [4.78, 5) is 1.18. The van der Waals surface area contributed by atoms with Gasteiger partial charge in [0.25, 0.3) is 0 Å². The zero-order chi connectivity index (χ0) is 12.4. The standard InChI is InChI=1S/C15H16O2S/c1-2-11-3-5-12(6-4-11)13-7-10-18-14(13)15-16-8-9-17-15/h3-7,10,15H,2,8-9H2,1H3. The molecule has 1 aliphatic heterocycles. The molecule has 3 heteroatoms. The molecule has 0 bridgehead atoms. The van der Waals surface area contributed by atoms with Gasteiger partial charge in [-0.2, -0.15) is 0 Å². The van der Waals surface area contributed by atoms with Gasteiger partial charge < -0.3 is 9.47 Å². The number of ether oxygens (including phenoxy) is 2. The van der Waals surface area contributed by atoms with Crippen molar-refractivity contribution in [1.29, 1.82) is 0 Å². The Morgan fingerprint density at radius 1 is 1.11 bits per heavy atom. The number of thiophene rings is 1. The first-order valence-corrected chi connectivity index (χ1v) is 7.16. The molecule has 2 nitrogen and oxygen atoms in total. The first kappa shape index (κ1) is 11.9. The van der Waals surface area contributed by atoms with Crippen LogP contribution in [0.15, 0.2) is 35.7 Å². The van der Waals surface area contributed by atoms with E-state index >= 15 is 0 Å². The summed E-state index contributed by atoms with van der Waals surface area (Å²) >= 11 is 1.70. The van der Waals surface area contributed by atoms with Gasteiger partial charge in [-0.1, -0.05) is 31.2 Å². The zero-order valence-electron chi connectivity index (χ0n) is 10.4. The summed E-state index contributed by atoms with van der Waals surface area (Å²) in [7, 11) is 0. The van der Waals surface area contributed by atoms with Crippen molar-refractivity contribution in [3.63, 3.8) is 0 Å². The van der Waals surface area contributed by atoms with Gasteiger partial charge in [-0.05, 0) is 29.0 Å². The second-order valence-electron chi connectivity index (χ2n) is 4.32. The van der Waals surface area contributed by atoms with E-state index in [0.717, 1.165) is 6.42 Å². The molecule has 3 rings (SSSR count). The van der Waals surface area contributed by atoms with Gasteiger partial charge in [-0.3, -0.25) is 0 Å². The van der Waals surface area contributed by atoms with Gasteiger partial charge >= 0.3 is 0 Å². The van der Waals surface area contributed by atoms with E-state index in [0.29, 0.717) is 13.2 Å². The van der Waals surface area contributed by atoms with Crippen molar-refractivity contribution in [2.24, 2.45) is 0 Å².